The monoisotopic (exact) mass is 501 g/mol. The van der Waals surface area contributed by atoms with Crippen LogP contribution in [-0.4, -0.2) is 24.5 Å². The lowest BCUT2D eigenvalue weighted by Crippen LogP contribution is -2.11. The average Bonchev–Trinajstić information content (AvgIpc) is 3.31. The maximum Gasteiger partial charge on any atom is 0.307 e. The molecule has 7 nitrogen and oxygen atoms in total. The van der Waals surface area contributed by atoms with Crippen LogP contribution in [0.5, 0.6) is 0 Å². The molecular weight excluding hydrogens is 490 g/mol. The molecule has 0 fully saturated rings. The smallest absolute Gasteiger partial charge is 0.258 e. The number of nitrogens with zero attached hydrogens (tertiary/aromatic N) is 5. The van der Waals surface area contributed by atoms with Crippen molar-refractivity contribution < 1.29 is 4.92 Å². The summed E-state index contributed by atoms with van der Waals surface area (Å²) >= 11 is 6.89. The van der Waals surface area contributed by atoms with Crippen LogP contribution in [-0.2, 0) is 6.67 Å². The summed E-state index contributed by atoms with van der Waals surface area (Å²) in [6.45, 7) is 0.260. The third kappa shape index (κ3) is 3.90. The van der Waals surface area contributed by atoms with Crippen LogP contribution in [0.2, 0.25) is 0 Å². The molecule has 2 heterocycles. The molecule has 140 valence electrons. The Bertz CT molecular complexity index is 1130. The Morgan fingerprint density at radius 2 is 1.57 bits per heavy atom. The highest BCUT2D eigenvalue weighted by Crippen LogP contribution is 2.28. The molecule has 28 heavy (non-hydrogen) atoms. The van der Waals surface area contributed by atoms with Gasteiger partial charge in [-0.3, -0.25) is 10.1 Å². The molecule has 2 aromatic heterocycles. The molecule has 0 aliphatic rings. The lowest BCUT2D eigenvalue weighted by atomic mass is 10.1. The van der Waals surface area contributed by atoms with Crippen LogP contribution in [0.3, 0.4) is 0 Å². The molecule has 4 aromatic rings. The molecule has 0 bridgehead atoms. The summed E-state index contributed by atoms with van der Waals surface area (Å²) in [6.07, 6.45) is 2.63. The van der Waals surface area contributed by atoms with Gasteiger partial charge in [0.25, 0.3) is 0 Å². The lowest BCUT2D eigenvalue weighted by Gasteiger charge is -2.07. The number of hydrogen-bond acceptors (Lipinski definition) is 4. The minimum absolute atomic E-state index is 0.0505. The second-order valence-electron chi connectivity index (χ2n) is 6.06. The Balaban J connectivity index is 1.76. The molecule has 0 aliphatic heterocycles. The van der Waals surface area contributed by atoms with E-state index in [1.54, 1.807) is 4.68 Å². The van der Waals surface area contributed by atoms with Crippen molar-refractivity contribution in [1.29, 1.82) is 0 Å². The van der Waals surface area contributed by atoms with Crippen molar-refractivity contribution in [3.8, 4) is 22.5 Å². The summed E-state index contributed by atoms with van der Waals surface area (Å²) in [5.74, 6) is 0. The van der Waals surface area contributed by atoms with Gasteiger partial charge in [0.15, 0.2) is 0 Å². The zero-order valence-electron chi connectivity index (χ0n) is 14.4. The molecule has 0 radical (unpaired) electrons. The molecule has 0 saturated heterocycles. The number of aromatic nitrogens is 4. The van der Waals surface area contributed by atoms with Gasteiger partial charge in [0.1, 0.15) is 19.1 Å². The van der Waals surface area contributed by atoms with Gasteiger partial charge in [-0.05, 0) is 35.9 Å². The van der Waals surface area contributed by atoms with Crippen molar-refractivity contribution in [2.45, 2.75) is 6.67 Å². The van der Waals surface area contributed by atoms with Crippen LogP contribution in [0.4, 0.5) is 5.69 Å². The van der Waals surface area contributed by atoms with E-state index in [1.807, 2.05) is 54.6 Å². The van der Waals surface area contributed by atoms with E-state index in [0.717, 1.165) is 31.5 Å². The largest absolute Gasteiger partial charge is 0.307 e. The van der Waals surface area contributed by atoms with Gasteiger partial charge in [-0.15, -0.1) is 0 Å². The molecule has 0 saturated carbocycles. The molecule has 0 amide bonds. The van der Waals surface area contributed by atoms with Crippen molar-refractivity contribution in [2.75, 3.05) is 0 Å². The Morgan fingerprint density at radius 1 is 0.964 bits per heavy atom. The van der Waals surface area contributed by atoms with Crippen molar-refractivity contribution in [1.82, 2.24) is 19.6 Å². The highest BCUT2D eigenvalue weighted by Gasteiger charge is 2.14. The maximum absolute atomic E-state index is 10.9. The van der Waals surface area contributed by atoms with E-state index in [9.17, 15) is 10.1 Å². The summed E-state index contributed by atoms with van der Waals surface area (Å²) in [6, 6.07) is 17.8. The number of benzene rings is 2. The van der Waals surface area contributed by atoms with Crippen molar-refractivity contribution in [2.24, 2.45) is 0 Å². The number of halogens is 2. The third-order valence-corrected chi connectivity index (χ3v) is 5.23. The van der Waals surface area contributed by atoms with Crippen molar-refractivity contribution >= 4 is 37.5 Å². The van der Waals surface area contributed by atoms with Crippen LogP contribution in [0.1, 0.15) is 0 Å². The summed E-state index contributed by atoms with van der Waals surface area (Å²) in [7, 11) is 0. The Kier molecular flexibility index (Phi) is 5.10. The fourth-order valence-electron chi connectivity index (χ4n) is 2.80. The molecular formula is C19H13Br2N5O2. The van der Waals surface area contributed by atoms with Gasteiger partial charge in [0, 0.05) is 14.5 Å². The molecule has 0 unspecified atom stereocenters. The van der Waals surface area contributed by atoms with Crippen LogP contribution in [0.25, 0.3) is 22.5 Å². The highest BCUT2D eigenvalue weighted by molar-refractivity contribution is 9.10. The average molecular weight is 503 g/mol. The van der Waals surface area contributed by atoms with Crippen LogP contribution < -0.4 is 0 Å². The predicted molar refractivity (Wildman–Crippen MR) is 113 cm³/mol. The van der Waals surface area contributed by atoms with Gasteiger partial charge >= 0.3 is 5.69 Å². The standard InChI is InChI=1S/C19H13Br2N5O2/c20-15-5-1-13(2-6-15)18-9-19(14-3-7-16(21)8-4-14)25(23-18)12-24-11-17(10-22-24)26(27)28/h1-11H,12H2. The Morgan fingerprint density at radius 3 is 2.14 bits per heavy atom. The van der Waals surface area contributed by atoms with Crippen LogP contribution >= 0.6 is 31.9 Å². The van der Waals surface area contributed by atoms with E-state index in [4.69, 9.17) is 5.10 Å². The first-order valence-corrected chi connectivity index (χ1v) is 9.85. The van der Waals surface area contributed by atoms with Gasteiger partial charge in [0.05, 0.1) is 16.3 Å². The lowest BCUT2D eigenvalue weighted by molar-refractivity contribution is -0.385. The van der Waals surface area contributed by atoms with Gasteiger partial charge in [-0.2, -0.15) is 10.2 Å². The Labute approximate surface area is 177 Å². The summed E-state index contributed by atoms with van der Waals surface area (Å²) < 4.78 is 5.27. The first-order chi connectivity index (χ1) is 13.5. The fraction of sp³-hybridized carbons (Fsp3) is 0.0526. The van der Waals surface area contributed by atoms with Gasteiger partial charge < -0.3 is 0 Å². The minimum Gasteiger partial charge on any atom is -0.258 e. The first kappa shape index (κ1) is 18.6. The topological polar surface area (TPSA) is 78.8 Å². The molecule has 0 aliphatic carbocycles. The molecule has 4 rings (SSSR count). The Hall–Kier alpha value is -2.78. The SMILES string of the molecule is O=[N+]([O-])c1cnn(Cn2nc(-c3ccc(Br)cc3)cc2-c2ccc(Br)cc2)c1. The molecule has 0 atom stereocenters. The summed E-state index contributed by atoms with van der Waals surface area (Å²) in [5.41, 5.74) is 3.62. The quantitative estimate of drug-likeness (QED) is 0.272. The zero-order chi connectivity index (χ0) is 19.7. The van der Waals surface area contributed by atoms with Crippen molar-refractivity contribution in [3.63, 3.8) is 0 Å². The first-order valence-electron chi connectivity index (χ1n) is 8.26. The van der Waals surface area contributed by atoms with Gasteiger partial charge in [0.2, 0.25) is 0 Å². The third-order valence-electron chi connectivity index (χ3n) is 4.17. The van der Waals surface area contributed by atoms with Crippen molar-refractivity contribution in [3.05, 3.63) is 86.1 Å². The highest BCUT2D eigenvalue weighted by atomic mass is 79.9. The van der Waals surface area contributed by atoms with Gasteiger partial charge in [-0.1, -0.05) is 56.1 Å². The van der Waals surface area contributed by atoms with Crippen LogP contribution in [0, 0.1) is 10.1 Å². The number of rotatable bonds is 5. The number of hydrogen-bond donors (Lipinski definition) is 0. The maximum atomic E-state index is 10.9. The number of nitro groups is 1. The predicted octanol–water partition coefficient (Wildman–Crippen LogP) is 5.35. The van der Waals surface area contributed by atoms with E-state index in [0.29, 0.717) is 0 Å². The van der Waals surface area contributed by atoms with E-state index < -0.39 is 4.92 Å². The molecule has 0 N–H and O–H groups in total. The fourth-order valence-corrected chi connectivity index (χ4v) is 3.33. The van der Waals surface area contributed by atoms with E-state index in [2.05, 4.69) is 37.0 Å². The second kappa shape index (κ2) is 7.69. The van der Waals surface area contributed by atoms with Gasteiger partial charge in [-0.25, -0.2) is 9.36 Å². The normalized spacial score (nSPS) is 10.9. The molecule has 0 spiro atoms. The van der Waals surface area contributed by atoms with Crippen LogP contribution in [0.15, 0.2) is 75.9 Å². The molecule has 2 aromatic carbocycles. The van der Waals surface area contributed by atoms with E-state index in [1.165, 1.54) is 17.1 Å². The molecule has 9 heteroatoms. The van der Waals surface area contributed by atoms with E-state index >= 15 is 0 Å². The zero-order valence-corrected chi connectivity index (χ0v) is 17.5. The summed E-state index contributed by atoms with van der Waals surface area (Å²) in [4.78, 5) is 10.5. The van der Waals surface area contributed by atoms with E-state index in [-0.39, 0.29) is 12.4 Å². The minimum atomic E-state index is -0.463. The second-order valence-corrected chi connectivity index (χ2v) is 7.90. The summed E-state index contributed by atoms with van der Waals surface area (Å²) in [5, 5.41) is 19.7.